The van der Waals surface area contributed by atoms with Gasteiger partial charge in [0.15, 0.2) is 0 Å². The molecule has 1 aromatic carbocycles. The van der Waals surface area contributed by atoms with Crippen molar-refractivity contribution in [3.63, 3.8) is 0 Å². The van der Waals surface area contributed by atoms with E-state index in [-0.39, 0.29) is 5.56 Å². The van der Waals surface area contributed by atoms with Crippen molar-refractivity contribution < 1.29 is 23.1 Å². The summed E-state index contributed by atoms with van der Waals surface area (Å²) in [5.74, 6) is -2.76. The van der Waals surface area contributed by atoms with Gasteiger partial charge in [-0.3, -0.25) is 4.79 Å². The van der Waals surface area contributed by atoms with Crippen molar-refractivity contribution in [2.45, 2.75) is 6.18 Å². The van der Waals surface area contributed by atoms with Crippen LogP contribution in [0.15, 0.2) is 35.1 Å². The average molecular weight is 294 g/mol. The van der Waals surface area contributed by atoms with Crippen molar-refractivity contribution in [3.05, 3.63) is 45.7 Å². The van der Waals surface area contributed by atoms with Crippen LogP contribution in [0.2, 0.25) is 5.02 Å². The summed E-state index contributed by atoms with van der Waals surface area (Å²) < 4.78 is 31.7. The summed E-state index contributed by atoms with van der Waals surface area (Å²) in [5, 5.41) is 8.75. The quantitative estimate of drug-likeness (QED) is 0.784. The van der Waals surface area contributed by atoms with Gasteiger partial charge in [0.25, 0.3) is 0 Å². The number of carbonyl (C=O) groups is 1. The van der Waals surface area contributed by atoms with E-state index < -0.39 is 12.1 Å². The summed E-state index contributed by atoms with van der Waals surface area (Å²) in [7, 11) is 0. The predicted octanol–water partition coefficient (Wildman–Crippen LogP) is 2.81. The number of hydrogen-bond donors (Lipinski definition) is 2. The number of aliphatic carboxylic acids is 1. The molecule has 0 bridgehead atoms. The molecule has 0 radical (unpaired) electrons. The molecular weight excluding hydrogens is 287 g/mol. The standard InChI is InChI=1S/C9H6ClNO.C2HF3O2/c10-7-2-3-8-6(5-7)1-4-9(12)11-8;3-2(4,5)1(6)7/h1-5H,(H,11,12);(H,6,7). The van der Waals surface area contributed by atoms with Gasteiger partial charge < -0.3 is 10.1 Å². The third-order valence-corrected chi connectivity index (χ3v) is 2.16. The molecule has 1 heterocycles. The Balaban J connectivity index is 0.000000224. The molecule has 0 unspecified atom stereocenters. The second-order valence-electron chi connectivity index (χ2n) is 3.36. The summed E-state index contributed by atoms with van der Waals surface area (Å²) >= 11 is 5.77. The summed E-state index contributed by atoms with van der Waals surface area (Å²) in [6.45, 7) is 0. The van der Waals surface area contributed by atoms with Crippen LogP contribution in [0.3, 0.4) is 0 Å². The molecule has 2 N–H and O–H groups in total. The van der Waals surface area contributed by atoms with Crippen molar-refractivity contribution in [3.8, 4) is 0 Å². The maximum absolute atomic E-state index is 10.9. The Bertz CT molecular complexity index is 651. The average Bonchev–Trinajstić information content (AvgIpc) is 2.29. The number of nitrogens with one attached hydrogen (secondary N) is 1. The Morgan fingerprint density at radius 2 is 1.79 bits per heavy atom. The number of fused-ring (bicyclic) bond motifs is 1. The number of aromatic nitrogens is 1. The first-order valence-electron chi connectivity index (χ1n) is 4.79. The van der Waals surface area contributed by atoms with Crippen molar-refractivity contribution >= 4 is 28.5 Å². The van der Waals surface area contributed by atoms with Gasteiger partial charge >= 0.3 is 12.1 Å². The van der Waals surface area contributed by atoms with E-state index >= 15 is 0 Å². The molecule has 2 aromatic rings. The van der Waals surface area contributed by atoms with Crippen LogP contribution in [0.5, 0.6) is 0 Å². The molecule has 0 saturated carbocycles. The highest BCUT2D eigenvalue weighted by Crippen LogP contribution is 2.15. The van der Waals surface area contributed by atoms with Gasteiger partial charge in [0, 0.05) is 16.6 Å². The molecule has 8 heteroatoms. The smallest absolute Gasteiger partial charge is 0.475 e. The number of rotatable bonds is 0. The molecule has 2 rings (SSSR count). The van der Waals surface area contributed by atoms with E-state index in [1.54, 1.807) is 18.2 Å². The molecule has 0 spiro atoms. The highest BCUT2D eigenvalue weighted by Gasteiger charge is 2.38. The molecular formula is C11H7ClF3NO3. The van der Waals surface area contributed by atoms with E-state index in [2.05, 4.69) is 4.98 Å². The number of carboxylic acid groups (broad SMARTS) is 1. The van der Waals surface area contributed by atoms with Gasteiger partial charge in [0.2, 0.25) is 5.56 Å². The highest BCUT2D eigenvalue weighted by molar-refractivity contribution is 6.31. The molecule has 0 aliphatic heterocycles. The Morgan fingerprint density at radius 3 is 2.32 bits per heavy atom. The molecule has 0 fully saturated rings. The first-order chi connectivity index (χ1) is 8.70. The first kappa shape index (κ1) is 15.0. The van der Waals surface area contributed by atoms with Crippen LogP contribution < -0.4 is 5.56 Å². The number of halogens is 4. The predicted molar refractivity (Wildman–Crippen MR) is 63.3 cm³/mol. The number of aromatic amines is 1. The molecule has 0 saturated heterocycles. The Hall–Kier alpha value is -2.02. The van der Waals surface area contributed by atoms with Crippen LogP contribution >= 0.6 is 11.6 Å². The molecule has 0 aliphatic carbocycles. The van der Waals surface area contributed by atoms with E-state index in [4.69, 9.17) is 21.5 Å². The molecule has 1 aromatic heterocycles. The SMILES string of the molecule is O=C(O)C(F)(F)F.O=c1ccc2cc(Cl)ccc2[nH]1. The largest absolute Gasteiger partial charge is 0.490 e. The lowest BCUT2D eigenvalue weighted by Gasteiger charge is -1.95. The molecule has 0 atom stereocenters. The molecule has 19 heavy (non-hydrogen) atoms. The van der Waals surface area contributed by atoms with Gasteiger partial charge in [-0.1, -0.05) is 11.6 Å². The molecule has 0 aliphatic rings. The number of H-pyrrole nitrogens is 1. The van der Waals surface area contributed by atoms with E-state index in [0.717, 1.165) is 10.9 Å². The van der Waals surface area contributed by atoms with Gasteiger partial charge in [0.1, 0.15) is 0 Å². The minimum absolute atomic E-state index is 0.0928. The van der Waals surface area contributed by atoms with Gasteiger partial charge in [-0.15, -0.1) is 0 Å². The van der Waals surface area contributed by atoms with Crippen LogP contribution in [-0.4, -0.2) is 22.2 Å². The van der Waals surface area contributed by atoms with Crippen LogP contribution in [0.25, 0.3) is 10.9 Å². The Morgan fingerprint density at radius 1 is 1.21 bits per heavy atom. The third kappa shape index (κ3) is 4.63. The van der Waals surface area contributed by atoms with Gasteiger partial charge in [-0.25, -0.2) is 4.79 Å². The second kappa shape index (κ2) is 5.75. The molecule has 102 valence electrons. The second-order valence-corrected chi connectivity index (χ2v) is 3.79. The molecule has 4 nitrogen and oxygen atoms in total. The fourth-order valence-corrected chi connectivity index (χ4v) is 1.31. The van der Waals surface area contributed by atoms with Gasteiger partial charge in [0.05, 0.1) is 0 Å². The van der Waals surface area contributed by atoms with Crippen LogP contribution in [0, 0.1) is 0 Å². The lowest BCUT2D eigenvalue weighted by atomic mass is 10.2. The highest BCUT2D eigenvalue weighted by atomic mass is 35.5. The Labute approximate surface area is 109 Å². The summed E-state index contributed by atoms with van der Waals surface area (Å²) in [6, 6.07) is 8.59. The monoisotopic (exact) mass is 293 g/mol. The van der Waals surface area contributed by atoms with Gasteiger partial charge in [-0.05, 0) is 29.7 Å². The van der Waals surface area contributed by atoms with Crippen LogP contribution in [0.1, 0.15) is 0 Å². The summed E-state index contributed by atoms with van der Waals surface area (Å²) in [6.07, 6.45) is -5.08. The zero-order chi connectivity index (χ0) is 14.6. The zero-order valence-corrected chi connectivity index (χ0v) is 9.92. The minimum atomic E-state index is -5.08. The fourth-order valence-electron chi connectivity index (χ4n) is 1.13. The maximum Gasteiger partial charge on any atom is 0.490 e. The number of alkyl halides is 3. The van der Waals surface area contributed by atoms with E-state index in [1.807, 2.05) is 6.07 Å². The van der Waals surface area contributed by atoms with E-state index in [9.17, 15) is 18.0 Å². The number of carboxylic acids is 1. The molecule has 0 amide bonds. The van der Waals surface area contributed by atoms with Crippen LogP contribution in [0.4, 0.5) is 13.2 Å². The van der Waals surface area contributed by atoms with Crippen molar-refractivity contribution in [2.75, 3.05) is 0 Å². The maximum atomic E-state index is 10.9. The normalized spacial score (nSPS) is 10.7. The number of pyridine rings is 1. The Kier molecular flexibility index (Phi) is 4.55. The van der Waals surface area contributed by atoms with Crippen molar-refractivity contribution in [1.29, 1.82) is 0 Å². The van der Waals surface area contributed by atoms with Crippen LogP contribution in [-0.2, 0) is 4.79 Å². The van der Waals surface area contributed by atoms with E-state index in [1.165, 1.54) is 6.07 Å². The topological polar surface area (TPSA) is 70.2 Å². The van der Waals surface area contributed by atoms with Gasteiger partial charge in [-0.2, -0.15) is 13.2 Å². The summed E-state index contributed by atoms with van der Waals surface area (Å²) in [4.78, 5) is 22.5. The van der Waals surface area contributed by atoms with E-state index in [0.29, 0.717) is 5.02 Å². The minimum Gasteiger partial charge on any atom is -0.475 e. The number of hydrogen-bond acceptors (Lipinski definition) is 2. The number of benzene rings is 1. The van der Waals surface area contributed by atoms with Crippen molar-refractivity contribution in [2.24, 2.45) is 0 Å². The first-order valence-corrected chi connectivity index (χ1v) is 5.16. The lowest BCUT2D eigenvalue weighted by molar-refractivity contribution is -0.192. The fraction of sp³-hybridized carbons (Fsp3) is 0.0909. The van der Waals surface area contributed by atoms with Crippen molar-refractivity contribution in [1.82, 2.24) is 4.98 Å². The zero-order valence-electron chi connectivity index (χ0n) is 9.16. The summed E-state index contributed by atoms with van der Waals surface area (Å²) in [5.41, 5.74) is 0.719. The third-order valence-electron chi connectivity index (χ3n) is 1.93. The lowest BCUT2D eigenvalue weighted by Crippen LogP contribution is -2.21.